The normalized spacial score (nSPS) is 25.7. The Kier molecular flexibility index (Phi) is 5.74. The fourth-order valence-corrected chi connectivity index (χ4v) is 7.16. The first-order valence-electron chi connectivity index (χ1n) is 11.6. The summed E-state index contributed by atoms with van der Waals surface area (Å²) in [7, 11) is 1.92. The molecule has 2 saturated heterocycles. The van der Waals surface area contributed by atoms with Gasteiger partial charge in [-0.2, -0.15) is 0 Å². The molecule has 0 aromatic heterocycles. The highest BCUT2D eigenvalue weighted by atomic mass is 32.2. The smallest absolute Gasteiger partial charge is 0.330 e. The number of likely N-dealkylation sites (N-methyl/N-ethyl adjacent to an activating group) is 1. The zero-order chi connectivity index (χ0) is 25.0. The third kappa shape index (κ3) is 3.75. The van der Waals surface area contributed by atoms with Gasteiger partial charge in [-0.15, -0.1) is 11.8 Å². The van der Waals surface area contributed by atoms with Gasteiger partial charge in [0.1, 0.15) is 16.7 Å². The van der Waals surface area contributed by atoms with Crippen LogP contribution in [0.15, 0.2) is 60.3 Å². The van der Waals surface area contributed by atoms with Crippen LogP contribution in [-0.2, 0) is 29.4 Å². The number of ether oxygens (including phenoxy) is 1. The summed E-state index contributed by atoms with van der Waals surface area (Å²) in [5, 5.41) is 0. The first-order valence-corrected chi connectivity index (χ1v) is 12.6. The lowest BCUT2D eigenvalue weighted by molar-refractivity contribution is -0.155. The molecule has 3 aliphatic rings. The number of carbonyl (C=O) groups excluding carboxylic acids is 3. The predicted octanol–water partition coefficient (Wildman–Crippen LogP) is 4.14. The lowest BCUT2D eigenvalue weighted by Gasteiger charge is -2.33. The molecule has 3 heterocycles. The summed E-state index contributed by atoms with van der Waals surface area (Å²) in [6.45, 7) is 3.73. The maximum absolute atomic E-state index is 13.5. The van der Waals surface area contributed by atoms with Crippen molar-refractivity contribution in [3.8, 4) is 0 Å². The molecule has 5 rings (SSSR count). The van der Waals surface area contributed by atoms with Crippen molar-refractivity contribution in [1.29, 1.82) is 0 Å². The fourth-order valence-electron chi connectivity index (χ4n) is 5.52. The van der Waals surface area contributed by atoms with E-state index in [0.717, 1.165) is 22.5 Å². The van der Waals surface area contributed by atoms with E-state index in [2.05, 4.69) is 19.9 Å². The van der Waals surface area contributed by atoms with Crippen LogP contribution in [-0.4, -0.2) is 48.0 Å². The Bertz CT molecular complexity index is 1240. The van der Waals surface area contributed by atoms with E-state index in [-0.39, 0.29) is 22.9 Å². The second kappa shape index (κ2) is 8.52. The van der Waals surface area contributed by atoms with Crippen LogP contribution in [0.5, 0.6) is 0 Å². The van der Waals surface area contributed by atoms with Crippen LogP contribution in [0, 0.1) is 5.82 Å². The van der Waals surface area contributed by atoms with Gasteiger partial charge in [0.25, 0.3) is 0 Å². The molecule has 0 aliphatic carbocycles. The molecule has 0 saturated carbocycles. The van der Waals surface area contributed by atoms with E-state index in [1.165, 1.54) is 23.9 Å². The molecule has 0 radical (unpaired) electrons. The second-order valence-corrected chi connectivity index (χ2v) is 11.0. The molecule has 3 aliphatic heterocycles. The van der Waals surface area contributed by atoms with Gasteiger partial charge in [-0.05, 0) is 35.7 Å². The standard InChI is InChI=1S/C27H27FN2O4S/c1-26(2)20-6-4-5-7-21(20)29(3)23(26)14-19(31)15-34-25(33)22-16-35-27(13-12-24(32)30(22)27)17-8-10-18(28)11-9-17/h4-11,14,22H,12-13,15-16H2,1-3H3/b23-14+. The summed E-state index contributed by atoms with van der Waals surface area (Å²) in [4.78, 5) is 41.4. The average Bonchev–Trinajstić information content (AvgIpc) is 3.45. The summed E-state index contributed by atoms with van der Waals surface area (Å²) in [6, 6.07) is 13.3. The van der Waals surface area contributed by atoms with Gasteiger partial charge in [-0.3, -0.25) is 9.59 Å². The number of esters is 1. The Balaban J connectivity index is 1.29. The number of benzene rings is 2. The van der Waals surface area contributed by atoms with Gasteiger partial charge in [0.2, 0.25) is 5.91 Å². The van der Waals surface area contributed by atoms with Crippen molar-refractivity contribution in [2.75, 3.05) is 24.3 Å². The molecule has 1 amide bonds. The van der Waals surface area contributed by atoms with Crippen molar-refractivity contribution >= 4 is 35.1 Å². The van der Waals surface area contributed by atoms with Crippen molar-refractivity contribution in [3.05, 3.63) is 77.2 Å². The first kappa shape index (κ1) is 23.6. The zero-order valence-corrected chi connectivity index (χ0v) is 20.7. The number of ketones is 1. The van der Waals surface area contributed by atoms with Crippen LogP contribution in [0.2, 0.25) is 0 Å². The molecule has 35 heavy (non-hydrogen) atoms. The molecule has 2 atom stereocenters. The molecule has 0 spiro atoms. The molecule has 8 heteroatoms. The van der Waals surface area contributed by atoms with E-state index in [9.17, 15) is 18.8 Å². The number of amides is 1. The maximum atomic E-state index is 13.5. The van der Waals surface area contributed by atoms with Crippen LogP contribution in [0.1, 0.15) is 37.8 Å². The van der Waals surface area contributed by atoms with Gasteiger partial charge in [0, 0.05) is 42.1 Å². The molecule has 2 aromatic rings. The Hall–Kier alpha value is -3.13. The van der Waals surface area contributed by atoms with Crippen molar-refractivity contribution in [2.24, 2.45) is 0 Å². The number of rotatable bonds is 5. The van der Waals surface area contributed by atoms with Gasteiger partial charge in [0.15, 0.2) is 12.4 Å². The molecule has 0 bridgehead atoms. The minimum Gasteiger partial charge on any atom is -0.456 e. The van der Waals surface area contributed by atoms with Crippen LogP contribution >= 0.6 is 11.8 Å². The van der Waals surface area contributed by atoms with E-state index < -0.39 is 23.5 Å². The fraction of sp³-hybridized carbons (Fsp3) is 0.370. The molecule has 182 valence electrons. The Morgan fingerprint density at radius 1 is 1.17 bits per heavy atom. The Labute approximate surface area is 208 Å². The number of halogens is 1. The number of para-hydroxylation sites is 1. The van der Waals surface area contributed by atoms with Gasteiger partial charge in [-0.25, -0.2) is 9.18 Å². The quantitative estimate of drug-likeness (QED) is 0.460. The SMILES string of the molecule is CN1/C(=C/C(=O)COC(=O)C2CSC3(c4ccc(F)cc4)CCC(=O)N23)C(C)(C)c2ccccc21. The van der Waals surface area contributed by atoms with Gasteiger partial charge in [-0.1, -0.05) is 44.2 Å². The minimum absolute atomic E-state index is 0.137. The van der Waals surface area contributed by atoms with Gasteiger partial charge in [0.05, 0.1) is 0 Å². The van der Waals surface area contributed by atoms with Crippen LogP contribution < -0.4 is 4.90 Å². The molecule has 6 nitrogen and oxygen atoms in total. The van der Waals surface area contributed by atoms with Crippen molar-refractivity contribution in [1.82, 2.24) is 4.90 Å². The highest BCUT2D eigenvalue weighted by Gasteiger charge is 2.57. The maximum Gasteiger partial charge on any atom is 0.330 e. The highest BCUT2D eigenvalue weighted by molar-refractivity contribution is 8.00. The number of thioether (sulfide) groups is 1. The second-order valence-electron chi connectivity index (χ2n) is 9.69. The topological polar surface area (TPSA) is 66.9 Å². The number of carbonyl (C=O) groups is 3. The number of hydrogen-bond acceptors (Lipinski definition) is 6. The Morgan fingerprint density at radius 3 is 2.60 bits per heavy atom. The molecule has 2 aromatic carbocycles. The largest absolute Gasteiger partial charge is 0.456 e. The highest BCUT2D eigenvalue weighted by Crippen LogP contribution is 2.54. The van der Waals surface area contributed by atoms with Crippen molar-refractivity contribution in [3.63, 3.8) is 0 Å². The summed E-state index contributed by atoms with van der Waals surface area (Å²) < 4.78 is 18.9. The van der Waals surface area contributed by atoms with Crippen LogP contribution in [0.25, 0.3) is 0 Å². The molecule has 2 fully saturated rings. The monoisotopic (exact) mass is 494 g/mol. The van der Waals surface area contributed by atoms with Crippen molar-refractivity contribution in [2.45, 2.75) is 43.0 Å². The lowest BCUT2D eigenvalue weighted by atomic mass is 9.83. The number of nitrogens with zero attached hydrogens (tertiary/aromatic N) is 2. The number of fused-ring (bicyclic) bond motifs is 2. The van der Waals surface area contributed by atoms with E-state index in [4.69, 9.17) is 4.74 Å². The number of allylic oxidation sites excluding steroid dienone is 1. The molecule has 0 N–H and O–H groups in total. The van der Waals surface area contributed by atoms with Crippen LogP contribution in [0.4, 0.5) is 10.1 Å². The summed E-state index contributed by atoms with van der Waals surface area (Å²) >= 11 is 1.49. The van der Waals surface area contributed by atoms with E-state index >= 15 is 0 Å². The first-order chi connectivity index (χ1) is 16.6. The predicted molar refractivity (Wildman–Crippen MR) is 132 cm³/mol. The molecular weight excluding hydrogens is 467 g/mol. The van der Waals surface area contributed by atoms with E-state index in [0.29, 0.717) is 18.6 Å². The van der Waals surface area contributed by atoms with Gasteiger partial charge >= 0.3 is 5.97 Å². The average molecular weight is 495 g/mol. The minimum atomic E-state index is -0.782. The number of hydrogen-bond donors (Lipinski definition) is 0. The molecular formula is C27H27FN2O4S. The molecule has 2 unspecified atom stereocenters. The summed E-state index contributed by atoms with van der Waals surface area (Å²) in [5.74, 6) is -1.04. The van der Waals surface area contributed by atoms with Crippen LogP contribution in [0.3, 0.4) is 0 Å². The zero-order valence-electron chi connectivity index (χ0n) is 19.9. The van der Waals surface area contributed by atoms with Gasteiger partial charge < -0.3 is 14.5 Å². The van der Waals surface area contributed by atoms with E-state index in [1.54, 1.807) is 23.1 Å². The lowest BCUT2D eigenvalue weighted by Crippen LogP contribution is -2.47. The Morgan fingerprint density at radius 2 is 1.89 bits per heavy atom. The number of anilines is 1. The third-order valence-corrected chi connectivity index (χ3v) is 8.89. The third-order valence-electron chi connectivity index (χ3n) is 7.29. The summed E-state index contributed by atoms with van der Waals surface area (Å²) in [5.41, 5.74) is 3.44. The summed E-state index contributed by atoms with van der Waals surface area (Å²) in [6.07, 6.45) is 2.39. The van der Waals surface area contributed by atoms with Crippen molar-refractivity contribution < 1.29 is 23.5 Å². The van der Waals surface area contributed by atoms with E-state index in [1.807, 2.05) is 30.1 Å².